The van der Waals surface area contributed by atoms with Gasteiger partial charge >= 0.3 is 0 Å². The van der Waals surface area contributed by atoms with Crippen LogP contribution in [0.1, 0.15) is 30.7 Å². The van der Waals surface area contributed by atoms with Gasteiger partial charge in [-0.2, -0.15) is 4.37 Å². The number of anilines is 2. The first-order chi connectivity index (χ1) is 7.84. The summed E-state index contributed by atoms with van der Waals surface area (Å²) < 4.78 is 9.61. The van der Waals surface area contributed by atoms with Gasteiger partial charge in [-0.05, 0) is 36.7 Å². The summed E-state index contributed by atoms with van der Waals surface area (Å²) in [4.78, 5) is 0. The molecule has 1 aromatic rings. The molecule has 0 spiro atoms. The Balaban J connectivity index is 1.64. The molecule has 1 aromatic heterocycles. The lowest BCUT2D eigenvalue weighted by Crippen LogP contribution is -2.14. The van der Waals surface area contributed by atoms with Gasteiger partial charge in [0.15, 0.2) is 0 Å². The van der Waals surface area contributed by atoms with Crippen molar-refractivity contribution in [3.63, 3.8) is 0 Å². The summed E-state index contributed by atoms with van der Waals surface area (Å²) in [6.07, 6.45) is 3.70. The summed E-state index contributed by atoms with van der Waals surface area (Å²) in [5, 5.41) is 4.68. The van der Waals surface area contributed by atoms with Gasteiger partial charge in [0.05, 0.1) is 6.61 Å². The van der Waals surface area contributed by atoms with Crippen molar-refractivity contribution in [3.8, 4) is 0 Å². The molecule has 2 heterocycles. The minimum absolute atomic E-state index is 0.648. The van der Waals surface area contributed by atoms with Gasteiger partial charge in [0, 0.05) is 24.6 Å². The Labute approximate surface area is 99.3 Å². The second-order valence-electron chi connectivity index (χ2n) is 4.70. The van der Waals surface area contributed by atoms with Crippen molar-refractivity contribution in [2.75, 3.05) is 30.8 Å². The van der Waals surface area contributed by atoms with Gasteiger partial charge in [-0.15, -0.1) is 0 Å². The molecule has 0 bridgehead atoms. The number of hydrogen-bond acceptors (Lipinski definition) is 5. The zero-order valence-electron chi connectivity index (χ0n) is 9.24. The van der Waals surface area contributed by atoms with Gasteiger partial charge in [-0.1, -0.05) is 0 Å². The lowest BCUT2D eigenvalue weighted by atomic mass is 10.1. The third-order valence-electron chi connectivity index (χ3n) is 3.32. The monoisotopic (exact) mass is 239 g/mol. The van der Waals surface area contributed by atoms with E-state index in [2.05, 4.69) is 9.69 Å². The fourth-order valence-corrected chi connectivity index (χ4v) is 2.99. The predicted molar refractivity (Wildman–Crippen MR) is 65.9 cm³/mol. The van der Waals surface area contributed by atoms with E-state index in [0.717, 1.165) is 25.6 Å². The first kappa shape index (κ1) is 10.4. The number of ether oxygens (including phenoxy) is 1. The number of nitrogen functional groups attached to an aromatic ring is 1. The van der Waals surface area contributed by atoms with Gasteiger partial charge in [0.25, 0.3) is 0 Å². The molecule has 3 N–H and O–H groups in total. The van der Waals surface area contributed by atoms with Crippen LogP contribution in [0.25, 0.3) is 0 Å². The van der Waals surface area contributed by atoms with Crippen molar-refractivity contribution in [2.45, 2.75) is 25.2 Å². The summed E-state index contributed by atoms with van der Waals surface area (Å²) in [6, 6.07) is 0. The van der Waals surface area contributed by atoms with Crippen molar-refractivity contribution < 1.29 is 4.74 Å². The first-order valence-corrected chi connectivity index (χ1v) is 6.68. The van der Waals surface area contributed by atoms with Crippen LogP contribution in [-0.2, 0) is 4.74 Å². The van der Waals surface area contributed by atoms with Crippen LogP contribution in [0.15, 0.2) is 0 Å². The average Bonchev–Trinajstić information content (AvgIpc) is 2.85. The van der Waals surface area contributed by atoms with Crippen LogP contribution in [0.2, 0.25) is 0 Å². The molecule has 4 nitrogen and oxygen atoms in total. The average molecular weight is 239 g/mol. The Hall–Kier alpha value is -0.810. The van der Waals surface area contributed by atoms with E-state index >= 15 is 0 Å². The molecule has 88 valence electrons. The molecule has 0 amide bonds. The van der Waals surface area contributed by atoms with Crippen LogP contribution in [-0.4, -0.2) is 24.1 Å². The standard InChI is InChI=1S/C11H17N3OS/c12-10-9(8-1-2-8)11(16-14-10)13-5-7-3-4-15-6-7/h7-8,13H,1-6H2,(H2,12,14). The van der Waals surface area contributed by atoms with E-state index < -0.39 is 0 Å². The number of nitrogens with two attached hydrogens (primary N) is 1. The fourth-order valence-electron chi connectivity index (χ4n) is 2.18. The lowest BCUT2D eigenvalue weighted by Gasteiger charge is -2.10. The van der Waals surface area contributed by atoms with Crippen molar-refractivity contribution in [1.82, 2.24) is 4.37 Å². The van der Waals surface area contributed by atoms with E-state index in [1.807, 2.05) is 0 Å². The Morgan fingerprint density at radius 1 is 1.44 bits per heavy atom. The number of aromatic nitrogens is 1. The lowest BCUT2D eigenvalue weighted by molar-refractivity contribution is 0.187. The molecule has 2 aliphatic rings. The molecule has 1 unspecified atom stereocenters. The molecule has 1 saturated carbocycles. The molecule has 16 heavy (non-hydrogen) atoms. The van der Waals surface area contributed by atoms with Crippen molar-refractivity contribution in [2.24, 2.45) is 5.92 Å². The SMILES string of the molecule is Nc1nsc(NCC2CCOC2)c1C1CC1. The zero-order chi connectivity index (χ0) is 11.0. The molecule has 0 radical (unpaired) electrons. The molecule has 1 aliphatic heterocycles. The molecule has 3 rings (SSSR count). The molecule has 1 aliphatic carbocycles. The maximum absolute atomic E-state index is 5.90. The van der Waals surface area contributed by atoms with E-state index in [9.17, 15) is 0 Å². The topological polar surface area (TPSA) is 60.2 Å². The predicted octanol–water partition coefficient (Wildman–Crippen LogP) is 2.05. The molecular formula is C11H17N3OS. The van der Waals surface area contributed by atoms with Crippen LogP contribution in [0.4, 0.5) is 10.8 Å². The van der Waals surface area contributed by atoms with E-state index in [1.54, 1.807) is 0 Å². The number of nitrogens with one attached hydrogen (secondary N) is 1. The Kier molecular flexibility index (Phi) is 2.73. The normalized spacial score (nSPS) is 24.9. The fraction of sp³-hybridized carbons (Fsp3) is 0.727. The highest BCUT2D eigenvalue weighted by Gasteiger charge is 2.30. The minimum Gasteiger partial charge on any atom is -0.383 e. The van der Waals surface area contributed by atoms with Gasteiger partial charge in [0.1, 0.15) is 10.8 Å². The van der Waals surface area contributed by atoms with E-state index in [-0.39, 0.29) is 0 Å². The van der Waals surface area contributed by atoms with Crippen molar-refractivity contribution in [3.05, 3.63) is 5.56 Å². The van der Waals surface area contributed by atoms with Crippen LogP contribution in [0.3, 0.4) is 0 Å². The van der Waals surface area contributed by atoms with Gasteiger partial charge in [-0.25, -0.2) is 0 Å². The smallest absolute Gasteiger partial charge is 0.142 e. The number of hydrogen-bond donors (Lipinski definition) is 2. The number of nitrogens with zero attached hydrogens (tertiary/aromatic N) is 1. The summed E-state index contributed by atoms with van der Waals surface area (Å²) in [5.41, 5.74) is 7.17. The van der Waals surface area contributed by atoms with Crippen LogP contribution >= 0.6 is 11.5 Å². The largest absolute Gasteiger partial charge is 0.383 e. The second kappa shape index (κ2) is 4.22. The maximum Gasteiger partial charge on any atom is 0.142 e. The highest BCUT2D eigenvalue weighted by molar-refractivity contribution is 7.10. The number of rotatable bonds is 4. The molecule has 1 atom stereocenters. The molecule has 0 aromatic carbocycles. The highest BCUT2D eigenvalue weighted by Crippen LogP contribution is 2.47. The van der Waals surface area contributed by atoms with E-state index in [4.69, 9.17) is 10.5 Å². The van der Waals surface area contributed by atoms with Crippen LogP contribution in [0, 0.1) is 5.92 Å². The van der Waals surface area contributed by atoms with Crippen LogP contribution < -0.4 is 11.1 Å². The van der Waals surface area contributed by atoms with Gasteiger partial charge in [-0.3, -0.25) is 0 Å². The summed E-state index contributed by atoms with van der Waals surface area (Å²) in [6.45, 7) is 2.79. The Morgan fingerprint density at radius 3 is 3.00 bits per heavy atom. The zero-order valence-corrected chi connectivity index (χ0v) is 10.1. The van der Waals surface area contributed by atoms with Gasteiger partial charge in [0.2, 0.25) is 0 Å². The molecule has 5 heteroatoms. The van der Waals surface area contributed by atoms with E-state index in [1.165, 1.54) is 41.4 Å². The minimum atomic E-state index is 0.648. The molecular weight excluding hydrogens is 222 g/mol. The quantitative estimate of drug-likeness (QED) is 0.844. The van der Waals surface area contributed by atoms with Crippen LogP contribution in [0.5, 0.6) is 0 Å². The Morgan fingerprint density at radius 2 is 2.31 bits per heavy atom. The second-order valence-corrected chi connectivity index (χ2v) is 5.47. The summed E-state index contributed by atoms with van der Waals surface area (Å²) in [7, 11) is 0. The molecule has 1 saturated heterocycles. The Bertz CT molecular complexity index is 369. The summed E-state index contributed by atoms with van der Waals surface area (Å²) in [5.74, 6) is 2.05. The third kappa shape index (κ3) is 2.01. The highest BCUT2D eigenvalue weighted by atomic mass is 32.1. The van der Waals surface area contributed by atoms with Crippen molar-refractivity contribution in [1.29, 1.82) is 0 Å². The molecule has 2 fully saturated rings. The third-order valence-corrected chi connectivity index (χ3v) is 4.15. The van der Waals surface area contributed by atoms with Gasteiger partial charge < -0.3 is 15.8 Å². The maximum atomic E-state index is 5.90. The van der Waals surface area contributed by atoms with Crippen molar-refractivity contribution >= 4 is 22.4 Å². The summed E-state index contributed by atoms with van der Waals surface area (Å²) >= 11 is 1.50. The van der Waals surface area contributed by atoms with E-state index in [0.29, 0.717) is 11.8 Å². The first-order valence-electron chi connectivity index (χ1n) is 5.91.